The molecule has 0 bridgehead atoms. The summed E-state index contributed by atoms with van der Waals surface area (Å²) in [5, 5.41) is 4.89. The van der Waals surface area contributed by atoms with E-state index < -0.39 is 24.1 Å². The molecular weight excluding hydrogens is 341 g/mol. The molecule has 0 unspecified atom stereocenters. The van der Waals surface area contributed by atoms with Crippen molar-refractivity contribution in [1.29, 1.82) is 0 Å². The van der Waals surface area contributed by atoms with E-state index in [4.69, 9.17) is 4.74 Å². The van der Waals surface area contributed by atoms with Crippen LogP contribution >= 0.6 is 0 Å². The van der Waals surface area contributed by atoms with Crippen molar-refractivity contribution in [2.24, 2.45) is 0 Å². The van der Waals surface area contributed by atoms with E-state index in [-0.39, 0.29) is 5.39 Å². The van der Waals surface area contributed by atoms with Crippen molar-refractivity contribution in [3.63, 3.8) is 0 Å². The molecule has 0 radical (unpaired) electrons. The molecule has 1 aliphatic rings. The summed E-state index contributed by atoms with van der Waals surface area (Å²) in [4.78, 5) is 26.4. The number of rotatable bonds is 3. The summed E-state index contributed by atoms with van der Waals surface area (Å²) in [6.07, 6.45) is -6.36. The Balaban J connectivity index is 2.02. The molecule has 1 amide bonds. The van der Waals surface area contributed by atoms with Gasteiger partial charge in [0.15, 0.2) is 5.82 Å². The molecule has 7 nitrogen and oxygen atoms in total. The predicted octanol–water partition coefficient (Wildman–Crippen LogP) is 1.26. The van der Waals surface area contributed by atoms with Crippen molar-refractivity contribution in [3.05, 3.63) is 34.6 Å². The number of amides is 1. The van der Waals surface area contributed by atoms with Gasteiger partial charge in [-0.3, -0.25) is 9.59 Å². The van der Waals surface area contributed by atoms with Gasteiger partial charge in [0.05, 0.1) is 18.6 Å². The predicted molar refractivity (Wildman–Crippen MR) is 84.1 cm³/mol. The molecule has 2 aromatic rings. The van der Waals surface area contributed by atoms with E-state index in [1.165, 1.54) is 6.07 Å². The number of benzene rings is 1. The van der Waals surface area contributed by atoms with Crippen molar-refractivity contribution in [2.75, 3.05) is 36.6 Å². The Morgan fingerprint density at radius 1 is 1.20 bits per heavy atom. The number of nitrogens with zero attached hydrogens (tertiary/aromatic N) is 3. The number of ether oxygens (including phenoxy) is 1. The summed E-state index contributed by atoms with van der Waals surface area (Å²) >= 11 is 0. The molecule has 1 aliphatic heterocycles. The van der Waals surface area contributed by atoms with Crippen LogP contribution in [0.2, 0.25) is 0 Å². The Labute approximate surface area is 139 Å². The number of hydrogen-bond donors (Lipinski definition) is 1. The normalized spacial score (nSPS) is 15.4. The molecule has 3 rings (SSSR count). The highest BCUT2D eigenvalue weighted by molar-refractivity contribution is 5.92. The highest BCUT2D eigenvalue weighted by Crippen LogP contribution is 2.23. The summed E-state index contributed by atoms with van der Waals surface area (Å²) in [5.41, 5.74) is 1.22. The number of morpholine rings is 1. The highest BCUT2D eigenvalue weighted by atomic mass is 19.4. The second kappa shape index (κ2) is 6.71. The number of hydrogen-bond acceptors (Lipinski definition) is 5. The molecule has 1 N–H and O–H groups in total. The van der Waals surface area contributed by atoms with Crippen LogP contribution in [0.1, 0.15) is 6.42 Å². The molecule has 0 spiro atoms. The van der Waals surface area contributed by atoms with Gasteiger partial charge in [-0.15, -0.1) is 9.89 Å². The summed E-state index contributed by atoms with van der Waals surface area (Å²) in [7, 11) is 0. The monoisotopic (exact) mass is 356 g/mol. The number of aromatic nitrogens is 2. The topological polar surface area (TPSA) is 76.5 Å². The molecule has 2 heterocycles. The van der Waals surface area contributed by atoms with E-state index in [0.717, 1.165) is 0 Å². The van der Waals surface area contributed by atoms with Gasteiger partial charge >= 0.3 is 6.18 Å². The van der Waals surface area contributed by atoms with Gasteiger partial charge in [0.1, 0.15) is 6.42 Å². The zero-order chi connectivity index (χ0) is 18.0. The van der Waals surface area contributed by atoms with Crippen molar-refractivity contribution in [3.8, 4) is 0 Å². The van der Waals surface area contributed by atoms with Gasteiger partial charge in [-0.2, -0.15) is 13.2 Å². The first kappa shape index (κ1) is 17.2. The van der Waals surface area contributed by atoms with Crippen molar-refractivity contribution in [2.45, 2.75) is 12.6 Å². The van der Waals surface area contributed by atoms with Crippen molar-refractivity contribution >= 4 is 22.5 Å². The minimum Gasteiger partial charge on any atom is -0.378 e. The molecule has 0 saturated carbocycles. The van der Waals surface area contributed by atoms with E-state index in [2.05, 4.69) is 5.10 Å². The number of carbonyl (C=O) groups excluding carboxylic acids is 1. The smallest absolute Gasteiger partial charge is 0.378 e. The third-order valence-electron chi connectivity index (χ3n) is 3.69. The maximum absolute atomic E-state index is 12.4. The van der Waals surface area contributed by atoms with E-state index in [0.29, 0.717) is 42.3 Å². The van der Waals surface area contributed by atoms with Crippen LogP contribution in [0, 0.1) is 0 Å². The molecule has 1 saturated heterocycles. The van der Waals surface area contributed by atoms with Crippen LogP contribution < -0.4 is 15.9 Å². The minimum absolute atomic E-state index is 0.256. The fourth-order valence-electron chi connectivity index (χ4n) is 2.60. The van der Waals surface area contributed by atoms with Gasteiger partial charge in [-0.05, 0) is 6.07 Å². The number of anilines is 1. The average molecular weight is 356 g/mol. The van der Waals surface area contributed by atoms with E-state index in [9.17, 15) is 22.8 Å². The number of nitrogens with one attached hydrogen (secondary N) is 1. The first-order valence-electron chi connectivity index (χ1n) is 7.56. The van der Waals surface area contributed by atoms with Crippen LogP contribution in [0.25, 0.3) is 10.8 Å². The fourth-order valence-corrected chi connectivity index (χ4v) is 2.60. The third kappa shape index (κ3) is 3.90. The molecule has 1 aromatic carbocycles. The zero-order valence-electron chi connectivity index (χ0n) is 13.0. The molecule has 0 aliphatic carbocycles. The number of fused-ring (bicyclic) bond motifs is 1. The molecule has 1 aromatic heterocycles. The molecule has 10 heteroatoms. The zero-order valence-corrected chi connectivity index (χ0v) is 13.0. The van der Waals surface area contributed by atoms with Crippen LogP contribution in [-0.4, -0.2) is 48.3 Å². The fraction of sp³-hybridized carbons (Fsp3) is 0.400. The Morgan fingerprint density at radius 3 is 2.48 bits per heavy atom. The molecule has 134 valence electrons. The van der Waals surface area contributed by atoms with E-state index >= 15 is 0 Å². The van der Waals surface area contributed by atoms with Gasteiger partial charge in [0.2, 0.25) is 5.91 Å². The Hall–Kier alpha value is -2.62. The molecule has 25 heavy (non-hydrogen) atoms. The first-order chi connectivity index (χ1) is 11.8. The van der Waals surface area contributed by atoms with E-state index in [1.807, 2.05) is 10.3 Å². The van der Waals surface area contributed by atoms with Crippen LogP contribution in [0.5, 0.6) is 0 Å². The van der Waals surface area contributed by atoms with Crippen molar-refractivity contribution in [1.82, 2.24) is 9.89 Å². The first-order valence-corrected chi connectivity index (χ1v) is 7.56. The minimum atomic E-state index is -4.67. The lowest BCUT2D eigenvalue weighted by atomic mass is 10.2. The average Bonchev–Trinajstić information content (AvgIpc) is 2.56. The summed E-state index contributed by atoms with van der Waals surface area (Å²) in [6, 6.07) is 6.61. The molecule has 1 fully saturated rings. The number of carbonyl (C=O) groups is 1. The van der Waals surface area contributed by atoms with Gasteiger partial charge in [0, 0.05) is 18.5 Å². The SMILES string of the molecule is O=C(CC(F)(F)F)Nn1nc(N2CCOCC2)c2ccccc2c1=O. The Morgan fingerprint density at radius 2 is 1.84 bits per heavy atom. The highest BCUT2D eigenvalue weighted by Gasteiger charge is 2.31. The lowest BCUT2D eigenvalue weighted by Crippen LogP contribution is -2.41. The van der Waals surface area contributed by atoms with Gasteiger partial charge in [-0.1, -0.05) is 18.2 Å². The summed E-state index contributed by atoms with van der Waals surface area (Å²) in [6.45, 7) is 1.97. The van der Waals surface area contributed by atoms with Crippen LogP contribution in [0.4, 0.5) is 19.0 Å². The van der Waals surface area contributed by atoms with Crippen LogP contribution in [-0.2, 0) is 9.53 Å². The van der Waals surface area contributed by atoms with Crippen molar-refractivity contribution < 1.29 is 22.7 Å². The quantitative estimate of drug-likeness (QED) is 0.896. The van der Waals surface area contributed by atoms with Gasteiger partial charge in [0.25, 0.3) is 5.56 Å². The Kier molecular flexibility index (Phi) is 4.62. The standard InChI is InChI=1S/C15H15F3N4O3/c16-15(17,18)9-12(23)19-22-14(24)11-4-2-1-3-10(11)13(20-22)21-5-7-25-8-6-21/h1-4H,5-9H2,(H,19,23). The van der Waals surface area contributed by atoms with Gasteiger partial charge < -0.3 is 9.64 Å². The molecular formula is C15H15F3N4O3. The molecule has 0 atom stereocenters. The summed E-state index contributed by atoms with van der Waals surface area (Å²) in [5.74, 6) is -0.948. The van der Waals surface area contributed by atoms with Gasteiger partial charge in [-0.25, -0.2) is 5.43 Å². The second-order valence-corrected chi connectivity index (χ2v) is 5.51. The van der Waals surface area contributed by atoms with Crippen LogP contribution in [0.15, 0.2) is 29.1 Å². The number of alkyl halides is 3. The van der Waals surface area contributed by atoms with Crippen LogP contribution in [0.3, 0.4) is 0 Å². The lowest BCUT2D eigenvalue weighted by Gasteiger charge is -2.29. The van der Waals surface area contributed by atoms with E-state index in [1.54, 1.807) is 18.2 Å². The Bertz CT molecular complexity index is 844. The third-order valence-corrected chi connectivity index (χ3v) is 3.69. The maximum Gasteiger partial charge on any atom is 0.397 e. The maximum atomic E-state index is 12.4. The lowest BCUT2D eigenvalue weighted by molar-refractivity contribution is -0.150. The number of halogens is 3. The summed E-state index contributed by atoms with van der Waals surface area (Å²) < 4.78 is 42.3. The second-order valence-electron chi connectivity index (χ2n) is 5.51. The largest absolute Gasteiger partial charge is 0.397 e.